The number of amides is 1. The number of aromatic nitrogens is 1. The molecule has 0 bridgehead atoms. The molecule has 1 fully saturated rings. The lowest BCUT2D eigenvalue weighted by Gasteiger charge is -2.50. The highest BCUT2D eigenvalue weighted by atomic mass is 31.2. The highest BCUT2D eigenvalue weighted by Gasteiger charge is 2.51. The first kappa shape index (κ1) is 34.2. The van der Waals surface area contributed by atoms with Gasteiger partial charge in [0.1, 0.15) is 22.9 Å². The molecule has 1 aromatic heterocycles. The zero-order valence-corrected chi connectivity index (χ0v) is 26.0. The van der Waals surface area contributed by atoms with Gasteiger partial charge >= 0.3 is 13.8 Å². The Morgan fingerprint density at radius 3 is 2.67 bits per heavy atom. The molecule has 2 aliphatic heterocycles. The molecule has 13 nitrogen and oxygen atoms in total. The summed E-state index contributed by atoms with van der Waals surface area (Å²) in [7, 11) is -4.12. The predicted molar refractivity (Wildman–Crippen MR) is 155 cm³/mol. The van der Waals surface area contributed by atoms with Crippen LogP contribution in [0.4, 0.5) is 13.6 Å². The molecule has 1 aromatic carbocycles. The predicted octanol–water partition coefficient (Wildman–Crippen LogP) is 3.54. The average Bonchev–Trinajstić information content (AvgIpc) is 2.94. The van der Waals surface area contributed by atoms with Crippen molar-refractivity contribution in [1.82, 2.24) is 14.8 Å². The molecule has 0 aliphatic carbocycles. The zero-order valence-electron chi connectivity index (χ0n) is 25.1. The van der Waals surface area contributed by atoms with Crippen LogP contribution in [-0.4, -0.2) is 75.5 Å². The number of rotatable bonds is 11. The molecule has 3 N–H and O–H groups in total. The number of fused-ring (bicyclic) bond motifs is 2. The van der Waals surface area contributed by atoms with Gasteiger partial charge in [0, 0.05) is 42.4 Å². The number of likely N-dealkylation sites (tertiary alicyclic amines) is 1. The van der Waals surface area contributed by atoms with Gasteiger partial charge in [-0.05, 0) is 52.3 Å². The van der Waals surface area contributed by atoms with E-state index < -0.39 is 78.2 Å². The topological polar surface area (TPSA) is 174 Å². The highest BCUT2D eigenvalue weighted by molar-refractivity contribution is 7.52. The van der Waals surface area contributed by atoms with Crippen LogP contribution in [0.5, 0.6) is 5.75 Å². The molecule has 2 aromatic rings. The van der Waals surface area contributed by atoms with Crippen LogP contribution in [0, 0.1) is 17.0 Å². The van der Waals surface area contributed by atoms with Crippen molar-refractivity contribution < 1.29 is 51.7 Å². The molecular formula is C29H36F2N3O10P. The largest absolute Gasteiger partial charge is 0.510 e. The molecule has 0 saturated carbocycles. The van der Waals surface area contributed by atoms with Crippen LogP contribution in [0.15, 0.2) is 29.2 Å². The van der Waals surface area contributed by atoms with Gasteiger partial charge in [0.05, 0.1) is 12.3 Å². The number of nitrogens with one attached hydrogen (secondary N) is 1. The Bertz CT molecular complexity index is 1580. The van der Waals surface area contributed by atoms with Crippen molar-refractivity contribution in [2.45, 2.75) is 65.3 Å². The summed E-state index contributed by atoms with van der Waals surface area (Å²) < 4.78 is 55.3. The number of benzene rings is 1. The van der Waals surface area contributed by atoms with Gasteiger partial charge in [0.2, 0.25) is 12.2 Å². The van der Waals surface area contributed by atoms with Crippen molar-refractivity contribution in [2.24, 2.45) is 5.41 Å². The number of piperidine rings is 1. The fourth-order valence-electron chi connectivity index (χ4n) is 5.73. The lowest BCUT2D eigenvalue weighted by molar-refractivity contribution is -0.0112. The minimum absolute atomic E-state index is 0.0187. The second-order valence-corrected chi connectivity index (χ2v) is 13.5. The molecule has 2 aliphatic rings. The van der Waals surface area contributed by atoms with Crippen LogP contribution in [0.3, 0.4) is 0 Å². The van der Waals surface area contributed by atoms with Crippen molar-refractivity contribution in [1.29, 1.82) is 0 Å². The Morgan fingerprint density at radius 2 is 1.98 bits per heavy atom. The summed E-state index contributed by atoms with van der Waals surface area (Å²) in [6.45, 7) is 4.84. The first-order chi connectivity index (χ1) is 21.1. The minimum Gasteiger partial charge on any atom is -0.503 e. The first-order valence-corrected chi connectivity index (χ1v) is 16.2. The molecule has 246 valence electrons. The number of ketones is 1. The normalized spacial score (nSPS) is 21.0. The Morgan fingerprint density at radius 1 is 1.24 bits per heavy atom. The quantitative estimate of drug-likeness (QED) is 0.184. The molecule has 16 heteroatoms. The molecule has 1 amide bonds. The molecule has 0 radical (unpaired) electrons. The van der Waals surface area contributed by atoms with Crippen LogP contribution in [0.1, 0.15) is 66.4 Å². The number of hydrogen-bond donors (Lipinski definition) is 3. The van der Waals surface area contributed by atoms with Crippen molar-refractivity contribution in [3.05, 3.63) is 63.1 Å². The van der Waals surface area contributed by atoms with E-state index in [0.29, 0.717) is 32.0 Å². The summed E-state index contributed by atoms with van der Waals surface area (Å²) in [6, 6.07) is 2.40. The first-order valence-electron chi connectivity index (χ1n) is 14.4. The maximum Gasteiger partial charge on any atom is 0.510 e. The van der Waals surface area contributed by atoms with E-state index in [9.17, 15) is 42.5 Å². The van der Waals surface area contributed by atoms with E-state index in [2.05, 4.69) is 10.1 Å². The zero-order chi connectivity index (χ0) is 33.1. The number of carbonyl (C=O) groups excluding carboxylic acids is 3. The number of Topliss-reactive ketones (excluding diaryl/α,β-unsaturated/α-hetero) is 1. The van der Waals surface area contributed by atoms with Crippen LogP contribution in [-0.2, 0) is 31.7 Å². The third-order valence-electron chi connectivity index (χ3n) is 8.03. The molecule has 1 unspecified atom stereocenters. The molecule has 3 heterocycles. The third-order valence-corrected chi connectivity index (χ3v) is 9.42. The second kappa shape index (κ2) is 13.8. The van der Waals surface area contributed by atoms with Crippen molar-refractivity contribution in [3.8, 4) is 5.75 Å². The Hall–Kier alpha value is -3.65. The van der Waals surface area contributed by atoms with Crippen LogP contribution in [0.25, 0.3) is 0 Å². The Kier molecular flexibility index (Phi) is 10.5. The number of hydrogen-bond acceptors (Lipinski definition) is 10. The number of pyridine rings is 1. The van der Waals surface area contributed by atoms with Gasteiger partial charge in [-0.3, -0.25) is 28.4 Å². The Labute approximate surface area is 257 Å². The van der Waals surface area contributed by atoms with Gasteiger partial charge in [-0.2, -0.15) is 0 Å². The van der Waals surface area contributed by atoms with Crippen LogP contribution < -0.4 is 10.7 Å². The smallest absolute Gasteiger partial charge is 0.503 e. The fourth-order valence-corrected chi connectivity index (χ4v) is 6.62. The summed E-state index contributed by atoms with van der Waals surface area (Å²) in [5, 5.41) is 13.2. The number of aromatic hydroxyl groups is 1. The standard InChI is InChI=1S/C29H36F2N3O10P/c1-17(2)44-28(39)42-16-43-45(40,41)11-5-10-33-9-4-8-29(3)22(33)15-34-14-20(24(35)25(36)23(34)26(29)37)27(38)32-13-18-6-7-19(30)12-21(18)31/h6-7,12,14,17,22,36H,4-5,8-11,13,15-16H2,1-3H3,(H,32,38)(H,40,41)/t22-,29-/m0/s1. The summed E-state index contributed by atoms with van der Waals surface area (Å²) in [6.07, 6.45) is 0.737. The minimum atomic E-state index is -4.12. The lowest BCUT2D eigenvalue weighted by atomic mass is 9.68. The van der Waals surface area contributed by atoms with E-state index in [1.54, 1.807) is 20.8 Å². The summed E-state index contributed by atoms with van der Waals surface area (Å²) in [5.74, 6) is -3.93. The lowest BCUT2D eigenvalue weighted by Crippen LogP contribution is -2.59. The number of ether oxygens (including phenoxy) is 2. The van der Waals surface area contributed by atoms with Gasteiger partial charge in [-0.15, -0.1) is 0 Å². The number of nitrogens with zero attached hydrogens (tertiary/aromatic N) is 2. The molecule has 0 spiro atoms. The van der Waals surface area contributed by atoms with Crippen LogP contribution >= 0.6 is 7.60 Å². The average molecular weight is 656 g/mol. The molecule has 45 heavy (non-hydrogen) atoms. The van der Waals surface area contributed by atoms with E-state index >= 15 is 0 Å². The maximum absolute atomic E-state index is 14.0. The highest BCUT2D eigenvalue weighted by Crippen LogP contribution is 2.45. The van der Waals surface area contributed by atoms with Crippen molar-refractivity contribution in [3.63, 3.8) is 0 Å². The second-order valence-electron chi connectivity index (χ2n) is 11.6. The van der Waals surface area contributed by atoms with E-state index in [1.165, 1.54) is 10.8 Å². The number of halogens is 2. The van der Waals surface area contributed by atoms with Gasteiger partial charge < -0.3 is 29.4 Å². The summed E-state index contributed by atoms with van der Waals surface area (Å²) in [5.41, 5.74) is -2.74. The monoisotopic (exact) mass is 655 g/mol. The summed E-state index contributed by atoms with van der Waals surface area (Å²) in [4.78, 5) is 63.2. The number of carbonyl (C=O) groups is 3. The Balaban J connectivity index is 1.45. The molecule has 3 atom stereocenters. The van der Waals surface area contributed by atoms with E-state index in [1.807, 2.05) is 4.90 Å². The fraction of sp³-hybridized carbons (Fsp3) is 0.517. The van der Waals surface area contributed by atoms with Gasteiger partial charge in [-0.1, -0.05) is 13.0 Å². The molecule has 1 saturated heterocycles. The van der Waals surface area contributed by atoms with Crippen LogP contribution in [0.2, 0.25) is 0 Å². The van der Waals surface area contributed by atoms with E-state index in [4.69, 9.17) is 9.26 Å². The van der Waals surface area contributed by atoms with Gasteiger partial charge in [-0.25, -0.2) is 13.6 Å². The van der Waals surface area contributed by atoms with E-state index in [-0.39, 0.29) is 36.9 Å². The van der Waals surface area contributed by atoms with Gasteiger partial charge in [0.25, 0.3) is 5.91 Å². The molecular weight excluding hydrogens is 619 g/mol. The van der Waals surface area contributed by atoms with E-state index in [0.717, 1.165) is 12.1 Å². The maximum atomic E-state index is 14.0. The van der Waals surface area contributed by atoms with Gasteiger partial charge in [0.15, 0.2) is 11.5 Å². The van der Waals surface area contributed by atoms with Crippen molar-refractivity contribution in [2.75, 3.05) is 26.0 Å². The third kappa shape index (κ3) is 7.78. The molecule has 4 rings (SSSR count). The summed E-state index contributed by atoms with van der Waals surface area (Å²) >= 11 is 0. The van der Waals surface area contributed by atoms with Crippen molar-refractivity contribution >= 4 is 25.4 Å². The SMILES string of the molecule is CC(C)OC(=O)OCOP(=O)(O)CCCN1CCC[C@]2(C)C(=O)c3c(O)c(=O)c(C(=O)NCc4ccc(F)cc4F)cn3C[C@H]12.